The number of fused-ring (bicyclic) bond motifs is 1. The lowest BCUT2D eigenvalue weighted by Gasteiger charge is -2.10. The second-order valence-corrected chi connectivity index (χ2v) is 4.19. The minimum absolute atomic E-state index is 0.00000567. The first-order valence-electron chi connectivity index (χ1n) is 5.81. The molecule has 1 N–H and O–H groups in total. The summed E-state index contributed by atoms with van der Waals surface area (Å²) in [6.07, 6.45) is 1.43. The fourth-order valence-corrected chi connectivity index (χ4v) is 1.95. The summed E-state index contributed by atoms with van der Waals surface area (Å²) in [7, 11) is 1.60. The van der Waals surface area contributed by atoms with E-state index >= 15 is 0 Å². The van der Waals surface area contributed by atoms with Crippen LogP contribution in [0.3, 0.4) is 0 Å². The van der Waals surface area contributed by atoms with Crippen LogP contribution >= 0.6 is 0 Å². The maximum Gasteiger partial charge on any atom is 0.224 e. The number of carbonyl (C=O) groups excluding carboxylic acids is 1. The van der Waals surface area contributed by atoms with Crippen molar-refractivity contribution < 1.29 is 14.3 Å². The average Bonchev–Trinajstić information content (AvgIpc) is 2.69. The van der Waals surface area contributed by atoms with E-state index in [1.165, 1.54) is 0 Å². The Morgan fingerprint density at radius 2 is 2.35 bits per heavy atom. The number of nitrogens with one attached hydrogen (secondary N) is 1. The number of amides is 1. The smallest absolute Gasteiger partial charge is 0.224 e. The fourth-order valence-electron chi connectivity index (χ4n) is 1.95. The van der Waals surface area contributed by atoms with Gasteiger partial charge in [0.1, 0.15) is 17.6 Å². The molecule has 0 saturated heterocycles. The van der Waals surface area contributed by atoms with Crippen LogP contribution in [0.1, 0.15) is 25.8 Å². The van der Waals surface area contributed by atoms with Gasteiger partial charge in [-0.15, -0.1) is 0 Å². The molecule has 17 heavy (non-hydrogen) atoms. The van der Waals surface area contributed by atoms with Crippen LogP contribution in [0.2, 0.25) is 0 Å². The highest BCUT2D eigenvalue weighted by molar-refractivity contribution is 5.92. The number of benzene rings is 1. The zero-order chi connectivity index (χ0) is 12.4. The highest BCUT2D eigenvalue weighted by Crippen LogP contribution is 2.38. The molecule has 92 valence electrons. The van der Waals surface area contributed by atoms with Gasteiger partial charge in [-0.2, -0.15) is 0 Å². The number of hydrogen-bond donors (Lipinski definition) is 1. The first kappa shape index (κ1) is 11.8. The molecule has 0 radical (unpaired) electrons. The van der Waals surface area contributed by atoms with Crippen molar-refractivity contribution in [3.05, 3.63) is 17.7 Å². The van der Waals surface area contributed by atoms with E-state index in [9.17, 15) is 4.79 Å². The SMILES string of the molecule is CCC(=O)Nc1cc(OC)cc2c1CC(C)O2. The van der Waals surface area contributed by atoms with Gasteiger partial charge in [-0.05, 0) is 6.92 Å². The lowest BCUT2D eigenvalue weighted by atomic mass is 10.1. The molecule has 0 fully saturated rings. The maximum atomic E-state index is 11.5. The van der Waals surface area contributed by atoms with Crippen molar-refractivity contribution >= 4 is 11.6 Å². The van der Waals surface area contributed by atoms with Crippen LogP contribution in [0, 0.1) is 0 Å². The van der Waals surface area contributed by atoms with E-state index in [1.54, 1.807) is 7.11 Å². The third-order valence-corrected chi connectivity index (χ3v) is 2.83. The molecular formula is C13H17NO3. The minimum Gasteiger partial charge on any atom is -0.497 e. The van der Waals surface area contributed by atoms with Crippen LogP contribution in [-0.4, -0.2) is 19.1 Å². The second-order valence-electron chi connectivity index (χ2n) is 4.19. The summed E-state index contributed by atoms with van der Waals surface area (Å²) in [5, 5.41) is 2.89. The number of ether oxygens (including phenoxy) is 2. The highest BCUT2D eigenvalue weighted by atomic mass is 16.5. The van der Waals surface area contributed by atoms with Crippen LogP contribution in [0.25, 0.3) is 0 Å². The Bertz CT molecular complexity index is 443. The van der Waals surface area contributed by atoms with Crippen LogP contribution in [0.5, 0.6) is 11.5 Å². The first-order chi connectivity index (χ1) is 8.13. The number of hydrogen-bond acceptors (Lipinski definition) is 3. The van der Waals surface area contributed by atoms with Crippen molar-refractivity contribution in [1.29, 1.82) is 0 Å². The van der Waals surface area contributed by atoms with E-state index in [-0.39, 0.29) is 12.0 Å². The zero-order valence-electron chi connectivity index (χ0n) is 10.4. The van der Waals surface area contributed by atoms with Crippen LogP contribution in [0.15, 0.2) is 12.1 Å². The van der Waals surface area contributed by atoms with Crippen molar-refractivity contribution in [2.45, 2.75) is 32.8 Å². The molecule has 1 aliphatic rings. The summed E-state index contributed by atoms with van der Waals surface area (Å²) in [6.45, 7) is 3.84. The van der Waals surface area contributed by atoms with Gasteiger partial charge in [0, 0.05) is 30.5 Å². The molecule has 0 bridgehead atoms. The molecule has 2 rings (SSSR count). The standard InChI is InChI=1S/C13H17NO3/c1-4-13(15)14-11-6-9(16-3)7-12-10(11)5-8(2)17-12/h6-8H,4-5H2,1-3H3,(H,14,15). The third-order valence-electron chi connectivity index (χ3n) is 2.83. The molecule has 1 aliphatic heterocycles. The lowest BCUT2D eigenvalue weighted by molar-refractivity contribution is -0.115. The quantitative estimate of drug-likeness (QED) is 0.875. The fraction of sp³-hybridized carbons (Fsp3) is 0.462. The van der Waals surface area contributed by atoms with Crippen LogP contribution < -0.4 is 14.8 Å². The summed E-state index contributed by atoms with van der Waals surface area (Å²) in [6, 6.07) is 3.70. The molecule has 4 nitrogen and oxygen atoms in total. The van der Waals surface area contributed by atoms with Gasteiger partial charge in [0.2, 0.25) is 5.91 Å². The van der Waals surface area contributed by atoms with E-state index in [2.05, 4.69) is 5.32 Å². The van der Waals surface area contributed by atoms with Gasteiger partial charge in [-0.1, -0.05) is 6.92 Å². The minimum atomic E-state index is 0.00000567. The van der Waals surface area contributed by atoms with Crippen molar-refractivity contribution in [1.82, 2.24) is 0 Å². The van der Waals surface area contributed by atoms with E-state index < -0.39 is 0 Å². The number of methoxy groups -OCH3 is 1. The zero-order valence-corrected chi connectivity index (χ0v) is 10.4. The topological polar surface area (TPSA) is 47.6 Å². The Morgan fingerprint density at radius 1 is 1.59 bits per heavy atom. The van der Waals surface area contributed by atoms with Gasteiger partial charge >= 0.3 is 0 Å². The van der Waals surface area contributed by atoms with Gasteiger partial charge in [0.05, 0.1) is 12.8 Å². The number of anilines is 1. The average molecular weight is 235 g/mol. The molecule has 0 spiro atoms. The molecule has 1 aromatic carbocycles. The number of rotatable bonds is 3. The van der Waals surface area contributed by atoms with Gasteiger partial charge in [0.15, 0.2) is 0 Å². The van der Waals surface area contributed by atoms with Gasteiger partial charge in [-0.25, -0.2) is 0 Å². The molecule has 0 aromatic heterocycles. The third kappa shape index (κ3) is 2.35. The van der Waals surface area contributed by atoms with Crippen LogP contribution in [0.4, 0.5) is 5.69 Å². The van der Waals surface area contributed by atoms with Crippen molar-refractivity contribution in [3.63, 3.8) is 0 Å². The number of carbonyl (C=O) groups is 1. The Morgan fingerprint density at radius 3 is 3.00 bits per heavy atom. The van der Waals surface area contributed by atoms with Gasteiger partial charge in [0.25, 0.3) is 0 Å². The summed E-state index contributed by atoms with van der Waals surface area (Å²) in [4.78, 5) is 11.5. The maximum absolute atomic E-state index is 11.5. The predicted molar refractivity (Wildman–Crippen MR) is 65.7 cm³/mol. The summed E-state index contributed by atoms with van der Waals surface area (Å²) in [5.74, 6) is 1.51. The molecule has 1 heterocycles. The Labute approximate surface area is 101 Å². The van der Waals surface area contributed by atoms with Crippen molar-refractivity contribution in [3.8, 4) is 11.5 Å². The molecule has 1 unspecified atom stereocenters. The largest absolute Gasteiger partial charge is 0.497 e. The van der Waals surface area contributed by atoms with Crippen molar-refractivity contribution in [2.24, 2.45) is 0 Å². The molecule has 0 saturated carbocycles. The summed E-state index contributed by atoms with van der Waals surface area (Å²) >= 11 is 0. The monoisotopic (exact) mass is 235 g/mol. The van der Waals surface area contributed by atoms with E-state index in [1.807, 2.05) is 26.0 Å². The normalized spacial score (nSPS) is 17.2. The predicted octanol–water partition coefficient (Wildman–Crippen LogP) is 2.37. The first-order valence-corrected chi connectivity index (χ1v) is 5.81. The Balaban J connectivity index is 2.36. The highest BCUT2D eigenvalue weighted by Gasteiger charge is 2.24. The molecular weight excluding hydrogens is 218 g/mol. The van der Waals surface area contributed by atoms with E-state index in [4.69, 9.17) is 9.47 Å². The van der Waals surface area contributed by atoms with Crippen molar-refractivity contribution in [2.75, 3.05) is 12.4 Å². The molecule has 1 atom stereocenters. The molecule has 1 aromatic rings. The Kier molecular flexibility index (Phi) is 3.22. The van der Waals surface area contributed by atoms with Crippen LogP contribution in [-0.2, 0) is 11.2 Å². The Hall–Kier alpha value is -1.71. The van der Waals surface area contributed by atoms with E-state index in [0.717, 1.165) is 23.4 Å². The van der Waals surface area contributed by atoms with Gasteiger partial charge < -0.3 is 14.8 Å². The second kappa shape index (κ2) is 4.65. The summed E-state index contributed by atoms with van der Waals surface area (Å²) < 4.78 is 10.9. The van der Waals surface area contributed by atoms with E-state index in [0.29, 0.717) is 12.2 Å². The van der Waals surface area contributed by atoms with Gasteiger partial charge in [-0.3, -0.25) is 4.79 Å². The summed E-state index contributed by atoms with van der Waals surface area (Å²) in [5.41, 5.74) is 1.86. The molecule has 1 amide bonds. The lowest BCUT2D eigenvalue weighted by Crippen LogP contribution is -2.11. The molecule has 0 aliphatic carbocycles. The molecule has 4 heteroatoms.